The molecule has 3 N–H and O–H groups in total. The van der Waals surface area contributed by atoms with Gasteiger partial charge in [0.2, 0.25) is 11.8 Å². The lowest BCUT2D eigenvalue weighted by Crippen LogP contribution is -2.55. The van der Waals surface area contributed by atoms with Gasteiger partial charge < -0.3 is 10.8 Å². The number of nitrogens with zero attached hydrogens (tertiary/aromatic N) is 1. The Morgan fingerprint density at radius 2 is 1.85 bits per heavy atom. The van der Waals surface area contributed by atoms with Crippen LogP contribution in [0.25, 0.3) is 0 Å². The molecular formula is C20H30N2O4S. The summed E-state index contributed by atoms with van der Waals surface area (Å²) < 4.78 is 0. The van der Waals surface area contributed by atoms with E-state index in [9.17, 15) is 19.5 Å². The molecule has 27 heavy (non-hydrogen) atoms. The van der Waals surface area contributed by atoms with Crippen molar-refractivity contribution in [2.75, 3.05) is 0 Å². The fourth-order valence-electron chi connectivity index (χ4n) is 2.87. The highest BCUT2D eigenvalue weighted by Gasteiger charge is 2.37. The van der Waals surface area contributed by atoms with Gasteiger partial charge in [-0.15, -0.1) is 12.6 Å². The van der Waals surface area contributed by atoms with Crippen molar-refractivity contribution in [1.29, 1.82) is 0 Å². The van der Waals surface area contributed by atoms with Gasteiger partial charge in [-0.25, -0.2) is 4.79 Å². The maximum absolute atomic E-state index is 12.9. The second-order valence-corrected chi connectivity index (χ2v) is 7.61. The van der Waals surface area contributed by atoms with Crippen LogP contribution in [-0.4, -0.2) is 39.9 Å². The molecule has 1 aromatic rings. The summed E-state index contributed by atoms with van der Waals surface area (Å²) >= 11 is 4.35. The summed E-state index contributed by atoms with van der Waals surface area (Å²) in [5.41, 5.74) is 6.65. The second-order valence-electron chi connectivity index (χ2n) is 7.13. The van der Waals surface area contributed by atoms with E-state index >= 15 is 0 Å². The molecular weight excluding hydrogens is 364 g/mol. The first-order chi connectivity index (χ1) is 12.7. The summed E-state index contributed by atoms with van der Waals surface area (Å²) in [6.07, 6.45) is 1.84. The summed E-state index contributed by atoms with van der Waals surface area (Å²) in [5, 5.41) is 9.77. The first-order valence-corrected chi connectivity index (χ1v) is 9.74. The van der Waals surface area contributed by atoms with Crippen molar-refractivity contribution < 1.29 is 19.5 Å². The first-order valence-electron chi connectivity index (χ1n) is 9.30. The molecule has 2 atom stereocenters. The largest absolute Gasteiger partial charge is 0.480 e. The van der Waals surface area contributed by atoms with Gasteiger partial charge in [0.05, 0.1) is 6.04 Å². The Morgan fingerprint density at radius 3 is 2.37 bits per heavy atom. The van der Waals surface area contributed by atoms with Crippen LogP contribution in [-0.2, 0) is 20.8 Å². The Hall–Kier alpha value is -1.86. The molecule has 0 aliphatic rings. The zero-order valence-electron chi connectivity index (χ0n) is 16.2. The maximum Gasteiger partial charge on any atom is 0.327 e. The van der Waals surface area contributed by atoms with Crippen LogP contribution < -0.4 is 5.73 Å². The Labute approximate surface area is 166 Å². The third kappa shape index (κ3) is 6.99. The summed E-state index contributed by atoms with van der Waals surface area (Å²) in [5.74, 6) is -2.21. The fraction of sp³-hybridized carbons (Fsp3) is 0.550. The van der Waals surface area contributed by atoms with Gasteiger partial charge in [0.1, 0.15) is 6.04 Å². The molecule has 0 aliphatic carbocycles. The van der Waals surface area contributed by atoms with Crippen LogP contribution in [0, 0.1) is 5.92 Å². The van der Waals surface area contributed by atoms with Gasteiger partial charge in [0.15, 0.2) is 0 Å². The Bertz CT molecular complexity index is 663. The molecule has 1 rings (SSSR count). The lowest BCUT2D eigenvalue weighted by atomic mass is 9.99. The molecule has 0 fully saturated rings. The third-order valence-electron chi connectivity index (χ3n) is 4.29. The normalized spacial score (nSPS) is 13.3. The molecule has 0 bridgehead atoms. The standard InChI is InChI=1S/C20H30N2O4S/c1-4-5-10-18(23)22(19(24)15(21)11-13(2)3)16(20(25)26)12-14-8-6-7-9-17(14)27/h6-9,13,15-16,27H,4-5,10-12,21H2,1-3H3,(H,25,26). The molecule has 1 aromatic carbocycles. The third-order valence-corrected chi connectivity index (χ3v) is 4.73. The van der Waals surface area contributed by atoms with E-state index in [-0.39, 0.29) is 18.8 Å². The Balaban J connectivity index is 3.21. The number of carboxylic acids is 1. The van der Waals surface area contributed by atoms with E-state index in [0.717, 1.165) is 11.3 Å². The van der Waals surface area contributed by atoms with Crippen LogP contribution in [0.5, 0.6) is 0 Å². The monoisotopic (exact) mass is 394 g/mol. The minimum atomic E-state index is -1.31. The molecule has 150 valence electrons. The van der Waals surface area contributed by atoms with Crippen molar-refractivity contribution in [1.82, 2.24) is 4.90 Å². The molecule has 0 saturated heterocycles. The van der Waals surface area contributed by atoms with Crippen LogP contribution in [0.1, 0.15) is 52.0 Å². The van der Waals surface area contributed by atoms with E-state index in [1.165, 1.54) is 0 Å². The number of imide groups is 1. The molecule has 0 heterocycles. The molecule has 0 saturated carbocycles. The molecule has 6 nitrogen and oxygen atoms in total. The highest BCUT2D eigenvalue weighted by atomic mass is 32.1. The predicted molar refractivity (Wildman–Crippen MR) is 108 cm³/mol. The van der Waals surface area contributed by atoms with Gasteiger partial charge in [0, 0.05) is 17.7 Å². The molecule has 7 heteroatoms. The lowest BCUT2D eigenvalue weighted by molar-refractivity contribution is -0.158. The number of hydrogen-bond acceptors (Lipinski definition) is 5. The fourth-order valence-corrected chi connectivity index (χ4v) is 3.12. The number of nitrogens with two attached hydrogens (primary N) is 1. The van der Waals surface area contributed by atoms with E-state index in [4.69, 9.17) is 5.73 Å². The van der Waals surface area contributed by atoms with Crippen molar-refractivity contribution in [2.45, 2.75) is 69.9 Å². The number of carboxylic acid groups (broad SMARTS) is 1. The summed E-state index contributed by atoms with van der Waals surface area (Å²) in [6, 6.07) is 4.81. The van der Waals surface area contributed by atoms with E-state index in [1.807, 2.05) is 20.8 Å². The lowest BCUT2D eigenvalue weighted by Gasteiger charge is -2.30. The highest BCUT2D eigenvalue weighted by molar-refractivity contribution is 7.80. The topological polar surface area (TPSA) is 101 Å². The van der Waals surface area contributed by atoms with Crippen molar-refractivity contribution in [3.05, 3.63) is 29.8 Å². The molecule has 2 unspecified atom stereocenters. The number of amides is 2. The smallest absolute Gasteiger partial charge is 0.327 e. The van der Waals surface area contributed by atoms with E-state index < -0.39 is 29.9 Å². The second kappa shape index (κ2) is 11.1. The van der Waals surface area contributed by atoms with Crippen LogP contribution >= 0.6 is 12.6 Å². The quantitative estimate of drug-likeness (QED) is 0.530. The summed E-state index contributed by atoms with van der Waals surface area (Å²) in [7, 11) is 0. The van der Waals surface area contributed by atoms with Crippen molar-refractivity contribution in [3.63, 3.8) is 0 Å². The van der Waals surface area contributed by atoms with Crippen molar-refractivity contribution >= 4 is 30.4 Å². The van der Waals surface area contributed by atoms with E-state index in [0.29, 0.717) is 23.3 Å². The Morgan fingerprint density at radius 1 is 1.22 bits per heavy atom. The molecule has 0 aromatic heterocycles. The number of hydrogen-bond donors (Lipinski definition) is 3. The van der Waals surface area contributed by atoms with Gasteiger partial charge in [-0.1, -0.05) is 45.4 Å². The minimum absolute atomic E-state index is 0.00693. The van der Waals surface area contributed by atoms with Crippen molar-refractivity contribution in [2.24, 2.45) is 11.7 Å². The number of rotatable bonds is 10. The molecule has 2 amide bonds. The minimum Gasteiger partial charge on any atom is -0.480 e. The number of carbonyl (C=O) groups is 3. The number of unbranched alkanes of at least 4 members (excludes halogenated alkanes) is 1. The van der Waals surface area contributed by atoms with E-state index in [1.54, 1.807) is 24.3 Å². The van der Waals surface area contributed by atoms with Gasteiger partial charge in [-0.2, -0.15) is 0 Å². The Kier molecular flexibility index (Phi) is 9.52. The molecule has 0 spiro atoms. The van der Waals surface area contributed by atoms with Crippen LogP contribution in [0.3, 0.4) is 0 Å². The number of thiol groups is 1. The zero-order chi connectivity index (χ0) is 20.6. The van der Waals surface area contributed by atoms with Gasteiger partial charge >= 0.3 is 5.97 Å². The number of carbonyl (C=O) groups excluding carboxylic acids is 2. The van der Waals surface area contributed by atoms with Gasteiger partial charge in [0.25, 0.3) is 0 Å². The van der Waals surface area contributed by atoms with Crippen LogP contribution in [0.2, 0.25) is 0 Å². The average molecular weight is 395 g/mol. The number of benzene rings is 1. The average Bonchev–Trinajstić information content (AvgIpc) is 2.59. The highest BCUT2D eigenvalue weighted by Crippen LogP contribution is 2.20. The molecule has 0 radical (unpaired) electrons. The van der Waals surface area contributed by atoms with Gasteiger partial charge in [-0.3, -0.25) is 14.5 Å². The first kappa shape index (κ1) is 23.2. The SMILES string of the molecule is CCCCC(=O)N(C(=O)C(N)CC(C)C)C(Cc1ccccc1S)C(=O)O. The molecule has 0 aliphatic heterocycles. The predicted octanol–water partition coefficient (Wildman–Crippen LogP) is 2.89. The summed E-state index contributed by atoms with van der Waals surface area (Å²) in [6.45, 7) is 5.76. The van der Waals surface area contributed by atoms with Gasteiger partial charge in [-0.05, 0) is 30.4 Å². The maximum atomic E-state index is 12.9. The zero-order valence-corrected chi connectivity index (χ0v) is 17.1. The summed E-state index contributed by atoms with van der Waals surface area (Å²) in [4.78, 5) is 39.1. The number of aliphatic carboxylic acids is 1. The van der Waals surface area contributed by atoms with Crippen molar-refractivity contribution in [3.8, 4) is 0 Å². The van der Waals surface area contributed by atoms with Crippen LogP contribution in [0.15, 0.2) is 29.2 Å². The van der Waals surface area contributed by atoms with E-state index in [2.05, 4.69) is 12.6 Å². The van der Waals surface area contributed by atoms with Crippen LogP contribution in [0.4, 0.5) is 0 Å².